The second kappa shape index (κ2) is 8.57. The summed E-state index contributed by atoms with van der Waals surface area (Å²) in [7, 11) is 1.91. The molecule has 1 saturated heterocycles. The molecule has 4 aromatic heterocycles. The van der Waals surface area contributed by atoms with E-state index in [4.69, 9.17) is 4.74 Å². The number of nitrogens with zero attached hydrogens (tertiary/aromatic N) is 7. The molecule has 9 nitrogen and oxygen atoms in total. The first-order valence-electron chi connectivity index (χ1n) is 11.1. The zero-order valence-electron chi connectivity index (χ0n) is 19.0. The van der Waals surface area contributed by atoms with Gasteiger partial charge in [-0.1, -0.05) is 12.1 Å². The van der Waals surface area contributed by atoms with Gasteiger partial charge in [-0.25, -0.2) is 9.31 Å². The number of aromatic nitrogens is 5. The first-order valence-corrected chi connectivity index (χ1v) is 11.1. The first-order chi connectivity index (χ1) is 16.0. The van der Waals surface area contributed by atoms with Crippen LogP contribution in [-0.4, -0.2) is 61.6 Å². The largest absolute Gasteiger partial charge is 0.440 e. The van der Waals surface area contributed by atoms with E-state index in [1.54, 1.807) is 15.8 Å². The van der Waals surface area contributed by atoms with Gasteiger partial charge in [0.15, 0.2) is 0 Å². The third-order valence-corrected chi connectivity index (χ3v) is 6.04. The van der Waals surface area contributed by atoms with Crippen molar-refractivity contribution in [1.29, 1.82) is 0 Å². The van der Waals surface area contributed by atoms with Gasteiger partial charge < -0.3 is 14.5 Å². The number of pyridine rings is 2. The van der Waals surface area contributed by atoms with E-state index in [2.05, 4.69) is 32.2 Å². The lowest BCUT2D eigenvalue weighted by atomic mass is 10.1. The molecule has 170 valence electrons. The lowest BCUT2D eigenvalue weighted by molar-refractivity contribution is 0.0664. The van der Waals surface area contributed by atoms with Crippen molar-refractivity contribution in [3.8, 4) is 11.1 Å². The average Bonchev–Trinajstić information content (AvgIpc) is 3.45. The molecule has 1 aliphatic rings. The van der Waals surface area contributed by atoms with E-state index in [1.165, 1.54) is 0 Å². The van der Waals surface area contributed by atoms with Crippen molar-refractivity contribution < 1.29 is 9.53 Å². The molecule has 1 fully saturated rings. The molecule has 0 N–H and O–H groups in total. The zero-order chi connectivity index (χ0) is 22.9. The Morgan fingerprint density at radius 1 is 0.970 bits per heavy atom. The Morgan fingerprint density at radius 3 is 2.48 bits per heavy atom. The third kappa shape index (κ3) is 4.26. The molecule has 0 spiro atoms. The van der Waals surface area contributed by atoms with Crippen LogP contribution < -0.4 is 4.90 Å². The number of hydrogen-bond donors (Lipinski definition) is 0. The maximum atomic E-state index is 12.7. The van der Waals surface area contributed by atoms with Crippen LogP contribution in [0.1, 0.15) is 24.3 Å². The maximum Gasteiger partial charge on any atom is 0.410 e. The van der Waals surface area contributed by atoms with E-state index >= 15 is 0 Å². The number of rotatable bonds is 4. The summed E-state index contributed by atoms with van der Waals surface area (Å²) in [5, 5.41) is 8.80. The lowest BCUT2D eigenvalue weighted by Crippen LogP contribution is -2.49. The quantitative estimate of drug-likeness (QED) is 0.479. The standard InChI is InChI=1S/C24H27N7O2/c1-17-4-6-21(25-12-17)18(2)33-24(32)30-10-8-29(9-11-30)23-14-27-31-16-19(5-7-22(23)31)20-13-26-28(3)15-20/h4-7,12-16,18H,8-11H2,1-3H3. The summed E-state index contributed by atoms with van der Waals surface area (Å²) < 4.78 is 9.34. The van der Waals surface area contributed by atoms with Gasteiger partial charge in [0.1, 0.15) is 6.10 Å². The van der Waals surface area contributed by atoms with Crippen molar-refractivity contribution in [2.45, 2.75) is 20.0 Å². The highest BCUT2D eigenvalue weighted by atomic mass is 16.6. The monoisotopic (exact) mass is 445 g/mol. The minimum atomic E-state index is -0.384. The van der Waals surface area contributed by atoms with Crippen molar-refractivity contribution in [3.05, 3.63) is 66.5 Å². The van der Waals surface area contributed by atoms with Gasteiger partial charge in [0, 0.05) is 62.9 Å². The predicted molar refractivity (Wildman–Crippen MR) is 125 cm³/mol. The van der Waals surface area contributed by atoms with Crippen molar-refractivity contribution in [1.82, 2.24) is 29.3 Å². The summed E-state index contributed by atoms with van der Waals surface area (Å²) in [6, 6.07) is 8.05. The Labute approximate surface area is 192 Å². The number of ether oxygens (including phenoxy) is 1. The highest BCUT2D eigenvalue weighted by molar-refractivity contribution is 5.76. The molecule has 0 aromatic carbocycles. The molecule has 1 aliphatic heterocycles. The molecule has 0 saturated carbocycles. The molecule has 1 unspecified atom stereocenters. The first kappa shape index (κ1) is 21.0. The van der Waals surface area contributed by atoms with E-state index in [-0.39, 0.29) is 12.2 Å². The van der Waals surface area contributed by atoms with Gasteiger partial charge in [-0.3, -0.25) is 9.67 Å². The second-order valence-corrected chi connectivity index (χ2v) is 8.44. The smallest absolute Gasteiger partial charge is 0.410 e. The summed E-state index contributed by atoms with van der Waals surface area (Å²) >= 11 is 0. The van der Waals surface area contributed by atoms with Gasteiger partial charge in [-0.15, -0.1) is 0 Å². The fourth-order valence-electron chi connectivity index (χ4n) is 4.09. The number of amides is 1. The van der Waals surface area contributed by atoms with Crippen LogP contribution in [0.3, 0.4) is 0 Å². The topological polar surface area (TPSA) is 80.8 Å². The molecular weight excluding hydrogens is 418 g/mol. The number of piperazine rings is 1. The van der Waals surface area contributed by atoms with Crippen molar-refractivity contribution in [3.63, 3.8) is 0 Å². The van der Waals surface area contributed by atoms with E-state index in [0.717, 1.165) is 46.7 Å². The van der Waals surface area contributed by atoms with Gasteiger partial charge in [-0.2, -0.15) is 10.2 Å². The summed E-state index contributed by atoms with van der Waals surface area (Å²) in [4.78, 5) is 21.0. The van der Waals surface area contributed by atoms with E-state index in [0.29, 0.717) is 13.1 Å². The van der Waals surface area contributed by atoms with Crippen LogP contribution >= 0.6 is 0 Å². The molecule has 0 radical (unpaired) electrons. The van der Waals surface area contributed by atoms with Gasteiger partial charge >= 0.3 is 6.09 Å². The van der Waals surface area contributed by atoms with Gasteiger partial charge in [0.05, 0.1) is 29.3 Å². The Balaban J connectivity index is 1.22. The van der Waals surface area contributed by atoms with Crippen LogP contribution in [0.2, 0.25) is 0 Å². The number of carbonyl (C=O) groups is 1. The van der Waals surface area contributed by atoms with Crippen LogP contribution in [0.4, 0.5) is 10.5 Å². The summed E-state index contributed by atoms with van der Waals surface area (Å²) in [6.07, 6.45) is 8.84. The number of carbonyl (C=O) groups excluding carboxylic acids is 1. The molecule has 9 heteroatoms. The molecule has 1 amide bonds. The SMILES string of the molecule is Cc1ccc(C(C)OC(=O)N2CCN(c3cnn4cc(-c5cnn(C)c5)ccc34)CC2)nc1. The Morgan fingerprint density at radius 2 is 1.79 bits per heavy atom. The number of anilines is 1. The molecule has 0 aliphatic carbocycles. The molecule has 33 heavy (non-hydrogen) atoms. The third-order valence-electron chi connectivity index (χ3n) is 6.04. The Hall–Kier alpha value is -3.88. The molecule has 4 aromatic rings. The van der Waals surface area contributed by atoms with Crippen LogP contribution in [0, 0.1) is 6.92 Å². The summed E-state index contributed by atoms with van der Waals surface area (Å²) in [5.41, 5.74) is 6.06. The zero-order valence-corrected chi connectivity index (χ0v) is 19.0. The van der Waals surface area contributed by atoms with Crippen molar-refractivity contribution in [2.75, 3.05) is 31.1 Å². The molecule has 0 bridgehead atoms. The fraction of sp³-hybridized carbons (Fsp3) is 0.333. The summed E-state index contributed by atoms with van der Waals surface area (Å²) in [6.45, 7) is 6.47. The number of fused-ring (bicyclic) bond motifs is 1. The predicted octanol–water partition coefficient (Wildman–Crippen LogP) is 3.46. The molecule has 1 atom stereocenters. The van der Waals surface area contributed by atoms with Crippen LogP contribution in [0.15, 0.2) is 55.2 Å². The van der Waals surface area contributed by atoms with Crippen LogP contribution in [-0.2, 0) is 11.8 Å². The number of aryl methyl sites for hydroxylation is 2. The normalized spacial score (nSPS) is 15.1. The van der Waals surface area contributed by atoms with Crippen LogP contribution in [0.25, 0.3) is 16.6 Å². The molecular formula is C24H27N7O2. The van der Waals surface area contributed by atoms with Gasteiger partial charge in [0.2, 0.25) is 0 Å². The minimum Gasteiger partial charge on any atom is -0.440 e. The van der Waals surface area contributed by atoms with E-state index in [1.807, 2.05) is 62.3 Å². The Kier molecular flexibility index (Phi) is 5.45. The van der Waals surface area contributed by atoms with E-state index in [9.17, 15) is 4.79 Å². The maximum absolute atomic E-state index is 12.7. The van der Waals surface area contributed by atoms with Gasteiger partial charge in [-0.05, 0) is 31.5 Å². The van der Waals surface area contributed by atoms with E-state index < -0.39 is 0 Å². The highest BCUT2D eigenvalue weighted by Gasteiger charge is 2.25. The van der Waals surface area contributed by atoms with Gasteiger partial charge in [0.25, 0.3) is 0 Å². The number of hydrogen-bond acceptors (Lipinski definition) is 6. The minimum absolute atomic E-state index is 0.300. The fourth-order valence-corrected chi connectivity index (χ4v) is 4.09. The summed E-state index contributed by atoms with van der Waals surface area (Å²) in [5.74, 6) is 0. The van der Waals surface area contributed by atoms with Crippen molar-refractivity contribution >= 4 is 17.3 Å². The second-order valence-electron chi connectivity index (χ2n) is 8.44. The van der Waals surface area contributed by atoms with Crippen LogP contribution in [0.5, 0.6) is 0 Å². The average molecular weight is 446 g/mol. The highest BCUT2D eigenvalue weighted by Crippen LogP contribution is 2.26. The van der Waals surface area contributed by atoms with Crippen molar-refractivity contribution in [2.24, 2.45) is 7.05 Å². The lowest BCUT2D eigenvalue weighted by Gasteiger charge is -2.35. The molecule has 5 heterocycles. The Bertz CT molecular complexity index is 1270. The molecule has 5 rings (SSSR count).